The van der Waals surface area contributed by atoms with Crippen LogP contribution in [0.15, 0.2) is 36.4 Å². The molecule has 2 aromatic rings. The largest absolute Gasteiger partial charge is 0.321 e. The van der Waals surface area contributed by atoms with Crippen LogP contribution in [-0.4, -0.2) is 0 Å². The molecule has 0 unspecified atom stereocenters. The van der Waals surface area contributed by atoms with Crippen molar-refractivity contribution in [3.8, 4) is 0 Å². The highest BCUT2D eigenvalue weighted by molar-refractivity contribution is 5.87. The van der Waals surface area contributed by atoms with Crippen LogP contribution in [0.25, 0.3) is 10.8 Å². The lowest BCUT2D eigenvalue weighted by molar-refractivity contribution is 0.629. The monoisotopic (exact) mass is 201 g/mol. The first-order valence-corrected chi connectivity index (χ1v) is 5.17. The number of hydrogen-bond acceptors (Lipinski definition) is 1. The van der Waals surface area contributed by atoms with Crippen LogP contribution in [0.4, 0.5) is 4.39 Å². The topological polar surface area (TPSA) is 26.0 Å². The van der Waals surface area contributed by atoms with Crippen molar-refractivity contribution in [2.75, 3.05) is 0 Å². The van der Waals surface area contributed by atoms with Gasteiger partial charge in [0.25, 0.3) is 0 Å². The first-order chi connectivity index (χ1) is 7.19. The number of rotatable bonds is 1. The molecule has 1 nitrogen and oxygen atoms in total. The summed E-state index contributed by atoms with van der Waals surface area (Å²) in [5.74, 6) is -0.195. The molecular formula is C13H12FN. The minimum absolute atomic E-state index is 0.195. The first-order valence-electron chi connectivity index (χ1n) is 5.17. The van der Waals surface area contributed by atoms with Gasteiger partial charge in [0.15, 0.2) is 0 Å². The molecule has 2 N–H and O–H groups in total. The van der Waals surface area contributed by atoms with E-state index in [1.807, 2.05) is 18.2 Å². The third kappa shape index (κ3) is 1.33. The van der Waals surface area contributed by atoms with E-state index in [1.165, 1.54) is 6.07 Å². The Hall–Kier alpha value is -1.41. The average Bonchev–Trinajstić information content (AvgIpc) is 2.96. The van der Waals surface area contributed by atoms with Gasteiger partial charge in [0, 0.05) is 5.54 Å². The zero-order chi connectivity index (χ0) is 10.5. The highest BCUT2D eigenvalue weighted by atomic mass is 19.1. The molecular weight excluding hydrogens is 189 g/mol. The fourth-order valence-corrected chi connectivity index (χ4v) is 2.08. The van der Waals surface area contributed by atoms with Crippen molar-refractivity contribution in [1.29, 1.82) is 0 Å². The Kier molecular flexibility index (Phi) is 1.65. The third-order valence-electron chi connectivity index (χ3n) is 3.17. The van der Waals surface area contributed by atoms with Gasteiger partial charge in [-0.2, -0.15) is 0 Å². The minimum Gasteiger partial charge on any atom is -0.321 e. The molecule has 0 bridgehead atoms. The van der Waals surface area contributed by atoms with Crippen LogP contribution >= 0.6 is 0 Å². The molecule has 1 saturated carbocycles. The summed E-state index contributed by atoms with van der Waals surface area (Å²) in [6.07, 6.45) is 2.01. The normalized spacial score (nSPS) is 18.0. The van der Waals surface area contributed by atoms with Crippen LogP contribution in [0, 0.1) is 5.82 Å². The zero-order valence-electron chi connectivity index (χ0n) is 8.33. The van der Waals surface area contributed by atoms with E-state index in [2.05, 4.69) is 0 Å². The van der Waals surface area contributed by atoms with Crippen molar-refractivity contribution < 1.29 is 4.39 Å². The van der Waals surface area contributed by atoms with E-state index in [9.17, 15) is 4.39 Å². The number of halogens is 1. The molecule has 2 aromatic carbocycles. The maximum atomic E-state index is 13.2. The minimum atomic E-state index is -0.201. The lowest BCUT2D eigenvalue weighted by Gasteiger charge is -2.12. The summed E-state index contributed by atoms with van der Waals surface area (Å²) < 4.78 is 13.2. The van der Waals surface area contributed by atoms with Gasteiger partial charge in [-0.15, -0.1) is 0 Å². The Morgan fingerprint density at radius 3 is 2.67 bits per heavy atom. The van der Waals surface area contributed by atoms with Crippen molar-refractivity contribution in [3.05, 3.63) is 47.8 Å². The van der Waals surface area contributed by atoms with Crippen molar-refractivity contribution in [2.24, 2.45) is 5.73 Å². The summed E-state index contributed by atoms with van der Waals surface area (Å²) in [6.45, 7) is 0. The SMILES string of the molecule is NC1(c2cccc3ccc(F)cc23)CC1. The van der Waals surface area contributed by atoms with Crippen LogP contribution < -0.4 is 5.73 Å². The van der Waals surface area contributed by atoms with E-state index in [1.54, 1.807) is 12.1 Å². The van der Waals surface area contributed by atoms with Gasteiger partial charge in [-0.05, 0) is 41.3 Å². The molecule has 15 heavy (non-hydrogen) atoms. The number of hydrogen-bond donors (Lipinski definition) is 1. The van der Waals surface area contributed by atoms with E-state index in [0.717, 1.165) is 29.2 Å². The van der Waals surface area contributed by atoms with Crippen molar-refractivity contribution in [3.63, 3.8) is 0 Å². The maximum Gasteiger partial charge on any atom is 0.123 e. The molecule has 76 valence electrons. The fraction of sp³-hybridized carbons (Fsp3) is 0.231. The molecule has 0 heterocycles. The molecule has 1 aliphatic rings. The molecule has 1 aliphatic carbocycles. The Morgan fingerprint density at radius 1 is 1.13 bits per heavy atom. The molecule has 0 saturated heterocycles. The van der Waals surface area contributed by atoms with Crippen molar-refractivity contribution in [2.45, 2.75) is 18.4 Å². The maximum absolute atomic E-state index is 13.2. The van der Waals surface area contributed by atoms with Crippen LogP contribution in [-0.2, 0) is 5.54 Å². The van der Waals surface area contributed by atoms with Crippen LogP contribution in [0.5, 0.6) is 0 Å². The predicted octanol–water partition coefficient (Wildman–Crippen LogP) is 2.93. The number of benzene rings is 2. The zero-order valence-corrected chi connectivity index (χ0v) is 8.33. The van der Waals surface area contributed by atoms with E-state index in [0.29, 0.717) is 0 Å². The molecule has 1 fully saturated rings. The van der Waals surface area contributed by atoms with Crippen molar-refractivity contribution in [1.82, 2.24) is 0 Å². The Balaban J connectivity index is 2.33. The highest BCUT2D eigenvalue weighted by Crippen LogP contribution is 2.45. The summed E-state index contributed by atoms with van der Waals surface area (Å²) in [4.78, 5) is 0. The Bertz CT molecular complexity index is 529. The van der Waals surface area contributed by atoms with Gasteiger partial charge in [-0.25, -0.2) is 4.39 Å². The van der Waals surface area contributed by atoms with E-state index < -0.39 is 0 Å². The Morgan fingerprint density at radius 2 is 1.93 bits per heavy atom. The molecule has 0 spiro atoms. The van der Waals surface area contributed by atoms with Gasteiger partial charge in [0.1, 0.15) is 5.82 Å². The first kappa shape index (κ1) is 8.86. The summed E-state index contributed by atoms with van der Waals surface area (Å²) in [5.41, 5.74) is 7.04. The molecule has 0 radical (unpaired) electrons. The van der Waals surface area contributed by atoms with Gasteiger partial charge >= 0.3 is 0 Å². The summed E-state index contributed by atoms with van der Waals surface area (Å²) in [5, 5.41) is 2.02. The highest BCUT2D eigenvalue weighted by Gasteiger charge is 2.40. The second kappa shape index (κ2) is 2.80. The molecule has 2 heteroatoms. The van der Waals surface area contributed by atoms with Gasteiger partial charge in [0.2, 0.25) is 0 Å². The van der Waals surface area contributed by atoms with Gasteiger partial charge < -0.3 is 5.73 Å². The lowest BCUT2D eigenvalue weighted by atomic mass is 9.97. The fourth-order valence-electron chi connectivity index (χ4n) is 2.08. The summed E-state index contributed by atoms with van der Waals surface area (Å²) in [6, 6.07) is 10.9. The second-order valence-corrected chi connectivity index (χ2v) is 4.33. The summed E-state index contributed by atoms with van der Waals surface area (Å²) in [7, 11) is 0. The average molecular weight is 201 g/mol. The van der Waals surface area contributed by atoms with Crippen LogP contribution in [0.1, 0.15) is 18.4 Å². The quantitative estimate of drug-likeness (QED) is 0.754. The molecule has 0 aromatic heterocycles. The smallest absolute Gasteiger partial charge is 0.123 e. The van der Waals surface area contributed by atoms with Gasteiger partial charge in [-0.1, -0.05) is 24.3 Å². The van der Waals surface area contributed by atoms with E-state index >= 15 is 0 Å². The Labute approximate surface area is 87.7 Å². The van der Waals surface area contributed by atoms with E-state index in [4.69, 9.17) is 5.73 Å². The van der Waals surface area contributed by atoms with E-state index in [-0.39, 0.29) is 11.4 Å². The molecule has 0 aliphatic heterocycles. The third-order valence-corrected chi connectivity index (χ3v) is 3.17. The molecule has 3 rings (SSSR count). The molecule has 0 atom stereocenters. The standard InChI is InChI=1S/C13H12FN/c14-10-5-4-9-2-1-3-12(11(9)8-10)13(15)6-7-13/h1-5,8H,6-7,15H2. The van der Waals surface area contributed by atoms with Crippen LogP contribution in [0.2, 0.25) is 0 Å². The number of fused-ring (bicyclic) bond motifs is 1. The summed E-state index contributed by atoms with van der Waals surface area (Å²) >= 11 is 0. The van der Waals surface area contributed by atoms with Gasteiger partial charge in [0.05, 0.1) is 0 Å². The predicted molar refractivity (Wildman–Crippen MR) is 59.0 cm³/mol. The number of nitrogens with two attached hydrogens (primary N) is 1. The van der Waals surface area contributed by atoms with Gasteiger partial charge in [-0.3, -0.25) is 0 Å². The van der Waals surface area contributed by atoms with Crippen molar-refractivity contribution >= 4 is 10.8 Å². The van der Waals surface area contributed by atoms with Crippen LogP contribution in [0.3, 0.4) is 0 Å². The second-order valence-electron chi connectivity index (χ2n) is 4.33. The molecule has 0 amide bonds. The lowest BCUT2D eigenvalue weighted by Crippen LogP contribution is -2.18.